The van der Waals surface area contributed by atoms with Crippen LogP contribution >= 0.6 is 0 Å². The van der Waals surface area contributed by atoms with E-state index in [0.717, 1.165) is 25.0 Å². The van der Waals surface area contributed by atoms with Gasteiger partial charge in [-0.15, -0.1) is 0 Å². The van der Waals surface area contributed by atoms with E-state index < -0.39 is 43.8 Å². The summed E-state index contributed by atoms with van der Waals surface area (Å²) in [5, 5.41) is 0. The van der Waals surface area contributed by atoms with Gasteiger partial charge in [-0.25, -0.2) is 17.2 Å². The van der Waals surface area contributed by atoms with Crippen LogP contribution in [0.3, 0.4) is 0 Å². The first-order chi connectivity index (χ1) is 14.7. The zero-order valence-corrected chi connectivity index (χ0v) is 17.5. The Morgan fingerprint density at radius 1 is 0.968 bits per heavy atom. The number of halogens is 2. The van der Waals surface area contributed by atoms with Crippen LogP contribution in [0.2, 0.25) is 0 Å². The van der Waals surface area contributed by atoms with Crippen LogP contribution in [0.4, 0.5) is 14.5 Å². The number of rotatable bonds is 4. The molecule has 1 saturated heterocycles. The maximum atomic E-state index is 14.1. The van der Waals surface area contributed by atoms with Crippen LogP contribution in [0.5, 0.6) is 0 Å². The SMILES string of the molecule is CC1CCN(C2=C(S(=O)(=O)Nc3ccc(F)cc3F)C(=O)c3ccccc3C2=O)CC1. The number of carbonyl (C=O) groups excluding carboxylic acids is 2. The molecule has 0 amide bonds. The molecule has 1 heterocycles. The van der Waals surface area contributed by atoms with Crippen molar-refractivity contribution in [1.82, 2.24) is 4.90 Å². The normalized spacial score (nSPS) is 17.7. The predicted octanol–water partition coefficient (Wildman–Crippen LogP) is 3.73. The molecule has 0 aromatic heterocycles. The first-order valence-corrected chi connectivity index (χ1v) is 11.3. The Morgan fingerprint density at radius 2 is 1.58 bits per heavy atom. The Morgan fingerprint density at radius 3 is 2.19 bits per heavy atom. The second kappa shape index (κ2) is 7.88. The third kappa shape index (κ3) is 3.85. The van der Waals surface area contributed by atoms with Crippen LogP contribution in [-0.4, -0.2) is 38.0 Å². The van der Waals surface area contributed by atoms with Gasteiger partial charge >= 0.3 is 0 Å². The summed E-state index contributed by atoms with van der Waals surface area (Å²) < 4.78 is 55.8. The Bertz CT molecular complexity index is 1220. The Balaban J connectivity index is 1.86. The molecular formula is C22H20F2N2O4S. The molecule has 31 heavy (non-hydrogen) atoms. The van der Waals surface area contributed by atoms with Crippen molar-refractivity contribution in [3.8, 4) is 0 Å². The number of benzene rings is 2. The largest absolute Gasteiger partial charge is 0.367 e. The number of carbonyl (C=O) groups is 2. The molecule has 0 unspecified atom stereocenters. The lowest BCUT2D eigenvalue weighted by atomic mass is 9.90. The van der Waals surface area contributed by atoms with Crippen molar-refractivity contribution in [3.05, 3.63) is 75.8 Å². The van der Waals surface area contributed by atoms with Gasteiger partial charge in [-0.2, -0.15) is 0 Å². The topological polar surface area (TPSA) is 83.6 Å². The second-order valence-corrected chi connectivity index (χ2v) is 9.40. The van der Waals surface area contributed by atoms with E-state index in [-0.39, 0.29) is 16.8 Å². The summed E-state index contributed by atoms with van der Waals surface area (Å²) in [4.78, 5) is 27.4. The van der Waals surface area contributed by atoms with E-state index in [4.69, 9.17) is 0 Å². The monoisotopic (exact) mass is 446 g/mol. The van der Waals surface area contributed by atoms with E-state index in [1.807, 2.05) is 4.72 Å². The molecule has 0 spiro atoms. The molecule has 162 valence electrons. The van der Waals surface area contributed by atoms with Crippen molar-refractivity contribution in [3.63, 3.8) is 0 Å². The number of ketones is 2. The van der Waals surface area contributed by atoms with E-state index in [2.05, 4.69) is 6.92 Å². The second-order valence-electron chi connectivity index (χ2n) is 7.78. The average Bonchev–Trinajstić information content (AvgIpc) is 2.73. The number of nitrogens with one attached hydrogen (secondary N) is 1. The summed E-state index contributed by atoms with van der Waals surface area (Å²) in [6.45, 7) is 2.90. The lowest BCUT2D eigenvalue weighted by Gasteiger charge is -2.35. The van der Waals surface area contributed by atoms with Crippen LogP contribution < -0.4 is 4.72 Å². The quantitative estimate of drug-likeness (QED) is 0.774. The summed E-state index contributed by atoms with van der Waals surface area (Å²) in [5.74, 6) is -3.00. The molecule has 0 radical (unpaired) electrons. The van der Waals surface area contributed by atoms with Crippen molar-refractivity contribution in [1.29, 1.82) is 0 Å². The van der Waals surface area contributed by atoms with Crippen molar-refractivity contribution < 1.29 is 26.8 Å². The average molecular weight is 446 g/mol. The summed E-state index contributed by atoms with van der Waals surface area (Å²) in [7, 11) is -4.65. The van der Waals surface area contributed by atoms with Gasteiger partial charge in [0.2, 0.25) is 11.6 Å². The number of hydrogen-bond acceptors (Lipinski definition) is 5. The van der Waals surface area contributed by atoms with E-state index >= 15 is 0 Å². The number of sulfonamides is 1. The molecule has 4 rings (SSSR count). The highest BCUT2D eigenvalue weighted by molar-refractivity contribution is 7.97. The standard InChI is InChI=1S/C22H20F2N2O4S/c1-13-8-10-26(11-9-13)19-20(27)15-4-2-3-5-16(15)21(28)22(19)31(29,30)25-18-7-6-14(23)12-17(18)24/h2-7,12-13,25H,8-11H2,1H3. The highest BCUT2D eigenvalue weighted by Crippen LogP contribution is 2.34. The smallest absolute Gasteiger partial charge is 0.268 e. The lowest BCUT2D eigenvalue weighted by Crippen LogP contribution is -2.41. The Hall–Kier alpha value is -3.07. The van der Waals surface area contributed by atoms with E-state index in [0.29, 0.717) is 25.1 Å². The molecule has 1 aliphatic heterocycles. The fourth-order valence-electron chi connectivity index (χ4n) is 3.88. The van der Waals surface area contributed by atoms with Gasteiger partial charge in [-0.3, -0.25) is 14.3 Å². The molecule has 0 saturated carbocycles. The number of Topliss-reactive ketones (excluding diaryl/α,β-unsaturated/α-hetero) is 2. The van der Waals surface area contributed by atoms with Crippen LogP contribution in [-0.2, 0) is 10.0 Å². The molecule has 2 aromatic carbocycles. The Kier molecular flexibility index (Phi) is 5.38. The summed E-state index contributed by atoms with van der Waals surface area (Å²) >= 11 is 0. The van der Waals surface area contributed by atoms with Gasteiger partial charge in [0.25, 0.3) is 10.0 Å². The minimum atomic E-state index is -4.65. The lowest BCUT2D eigenvalue weighted by molar-refractivity contribution is 0.0933. The number of likely N-dealkylation sites (tertiary alicyclic amines) is 1. The van der Waals surface area contributed by atoms with Gasteiger partial charge in [-0.1, -0.05) is 31.2 Å². The van der Waals surface area contributed by atoms with Gasteiger partial charge in [-0.05, 0) is 30.9 Å². The molecular weight excluding hydrogens is 426 g/mol. The van der Waals surface area contributed by atoms with Crippen LogP contribution in [0.25, 0.3) is 0 Å². The molecule has 1 aliphatic carbocycles. The van der Waals surface area contributed by atoms with E-state index in [9.17, 15) is 26.8 Å². The minimum Gasteiger partial charge on any atom is -0.367 e. The predicted molar refractivity (Wildman–Crippen MR) is 111 cm³/mol. The number of piperidine rings is 1. The fourth-order valence-corrected chi connectivity index (χ4v) is 5.26. The summed E-state index contributed by atoms with van der Waals surface area (Å²) in [6, 6.07) is 8.36. The minimum absolute atomic E-state index is 0.0263. The first kappa shape index (κ1) is 21.2. The van der Waals surface area contributed by atoms with Gasteiger partial charge in [0, 0.05) is 30.3 Å². The number of hydrogen-bond donors (Lipinski definition) is 1. The molecule has 1 fully saturated rings. The molecule has 9 heteroatoms. The first-order valence-electron chi connectivity index (χ1n) is 9.84. The van der Waals surface area contributed by atoms with Crippen LogP contribution in [0.1, 0.15) is 40.5 Å². The molecule has 2 aliphatic rings. The van der Waals surface area contributed by atoms with Crippen molar-refractivity contribution in [2.24, 2.45) is 5.92 Å². The van der Waals surface area contributed by atoms with Gasteiger partial charge < -0.3 is 4.90 Å². The summed E-state index contributed by atoms with van der Waals surface area (Å²) in [5.41, 5.74) is -0.611. The molecule has 0 bridgehead atoms. The van der Waals surface area contributed by atoms with Gasteiger partial charge in [0.15, 0.2) is 4.91 Å². The third-order valence-electron chi connectivity index (χ3n) is 5.60. The molecule has 1 N–H and O–H groups in total. The van der Waals surface area contributed by atoms with E-state index in [1.54, 1.807) is 11.0 Å². The third-order valence-corrected chi connectivity index (χ3v) is 7.00. The molecule has 0 atom stereocenters. The van der Waals surface area contributed by atoms with Crippen LogP contribution in [0, 0.1) is 17.6 Å². The zero-order valence-electron chi connectivity index (χ0n) is 16.7. The zero-order chi connectivity index (χ0) is 22.3. The van der Waals surface area contributed by atoms with Gasteiger partial charge in [0.1, 0.15) is 17.3 Å². The number of fused-ring (bicyclic) bond motifs is 1. The van der Waals surface area contributed by atoms with Crippen molar-refractivity contribution >= 4 is 27.3 Å². The van der Waals surface area contributed by atoms with Gasteiger partial charge in [0.05, 0.1) is 5.69 Å². The van der Waals surface area contributed by atoms with Crippen LogP contribution in [0.15, 0.2) is 53.1 Å². The highest BCUT2D eigenvalue weighted by atomic mass is 32.2. The Labute approximate surface area is 178 Å². The molecule has 6 nitrogen and oxygen atoms in total. The van der Waals surface area contributed by atoms with Crippen molar-refractivity contribution in [2.45, 2.75) is 19.8 Å². The maximum absolute atomic E-state index is 14.1. The number of allylic oxidation sites excluding steroid dienone is 2. The highest BCUT2D eigenvalue weighted by Gasteiger charge is 2.42. The maximum Gasteiger partial charge on any atom is 0.268 e. The summed E-state index contributed by atoms with van der Waals surface area (Å²) in [6.07, 6.45) is 1.47. The fraction of sp³-hybridized carbons (Fsp3) is 0.273. The van der Waals surface area contributed by atoms with Crippen molar-refractivity contribution in [2.75, 3.05) is 17.8 Å². The van der Waals surface area contributed by atoms with E-state index in [1.165, 1.54) is 18.2 Å². The number of nitrogens with zero attached hydrogens (tertiary/aromatic N) is 1. The molecule has 2 aromatic rings. The number of anilines is 1.